The van der Waals surface area contributed by atoms with Gasteiger partial charge in [0.15, 0.2) is 11.5 Å². The van der Waals surface area contributed by atoms with Crippen molar-refractivity contribution >= 4 is 29.0 Å². The van der Waals surface area contributed by atoms with Gasteiger partial charge in [-0.3, -0.25) is 14.5 Å². The molecule has 0 radical (unpaired) electrons. The Labute approximate surface area is 145 Å². The minimum Gasteiger partial charge on any atom is -0.504 e. The number of carbonyl (C=O) groups excluding carboxylic acids is 2. The summed E-state index contributed by atoms with van der Waals surface area (Å²) in [5, 5.41) is 9.44. The van der Waals surface area contributed by atoms with Crippen LogP contribution in [0.1, 0.15) is 37.7 Å². The number of aromatic hydroxyl groups is 1. The van der Waals surface area contributed by atoms with Gasteiger partial charge in [0.25, 0.3) is 11.1 Å². The average molecular weight is 347 g/mol. The Hall–Kier alpha value is -1.95. The lowest BCUT2D eigenvalue weighted by Crippen LogP contribution is -2.34. The third-order valence-electron chi connectivity index (χ3n) is 4.54. The van der Waals surface area contributed by atoms with E-state index in [1.54, 1.807) is 18.2 Å². The highest BCUT2D eigenvalue weighted by atomic mass is 32.2. The Morgan fingerprint density at radius 1 is 1.29 bits per heavy atom. The molecule has 0 aromatic heterocycles. The second-order valence-electron chi connectivity index (χ2n) is 6.23. The highest BCUT2D eigenvalue weighted by molar-refractivity contribution is 8.18. The van der Waals surface area contributed by atoms with Crippen molar-refractivity contribution in [2.24, 2.45) is 5.92 Å². The predicted molar refractivity (Wildman–Crippen MR) is 93.9 cm³/mol. The van der Waals surface area contributed by atoms with Crippen molar-refractivity contribution in [2.45, 2.75) is 32.1 Å². The van der Waals surface area contributed by atoms with Crippen molar-refractivity contribution < 1.29 is 19.4 Å². The van der Waals surface area contributed by atoms with Crippen LogP contribution in [0.2, 0.25) is 0 Å². The van der Waals surface area contributed by atoms with E-state index < -0.39 is 0 Å². The molecule has 1 aliphatic carbocycles. The van der Waals surface area contributed by atoms with E-state index in [1.165, 1.54) is 37.3 Å². The number of methoxy groups -OCH3 is 1. The van der Waals surface area contributed by atoms with Crippen LogP contribution in [0.3, 0.4) is 0 Å². The van der Waals surface area contributed by atoms with E-state index >= 15 is 0 Å². The average Bonchev–Trinajstić information content (AvgIpc) is 2.85. The highest BCUT2D eigenvalue weighted by Crippen LogP contribution is 2.36. The second-order valence-corrected chi connectivity index (χ2v) is 7.22. The molecule has 0 unspecified atom stereocenters. The summed E-state index contributed by atoms with van der Waals surface area (Å²) in [5.41, 5.74) is 0.716. The van der Waals surface area contributed by atoms with Crippen molar-refractivity contribution in [3.63, 3.8) is 0 Å². The van der Waals surface area contributed by atoms with Crippen LogP contribution < -0.4 is 4.74 Å². The molecule has 6 heteroatoms. The Balaban J connectivity index is 1.75. The van der Waals surface area contributed by atoms with Crippen molar-refractivity contribution in [3.8, 4) is 11.5 Å². The van der Waals surface area contributed by atoms with Gasteiger partial charge < -0.3 is 9.84 Å². The molecule has 1 saturated carbocycles. The minimum absolute atomic E-state index is 0.0417. The lowest BCUT2D eigenvalue weighted by molar-refractivity contribution is -0.123. The van der Waals surface area contributed by atoms with Crippen LogP contribution in [0.4, 0.5) is 4.79 Å². The molecule has 1 N–H and O–H groups in total. The molecule has 1 aromatic rings. The van der Waals surface area contributed by atoms with Crippen LogP contribution in [0.25, 0.3) is 6.08 Å². The number of nitrogens with zero attached hydrogens (tertiary/aromatic N) is 1. The first-order chi connectivity index (χ1) is 11.6. The van der Waals surface area contributed by atoms with Crippen molar-refractivity contribution in [3.05, 3.63) is 28.7 Å². The lowest BCUT2D eigenvalue weighted by atomic mass is 9.89. The van der Waals surface area contributed by atoms with Crippen molar-refractivity contribution in [2.75, 3.05) is 13.7 Å². The van der Waals surface area contributed by atoms with Crippen LogP contribution in [0, 0.1) is 5.92 Å². The molecule has 2 amide bonds. The minimum atomic E-state index is -0.220. The van der Waals surface area contributed by atoms with E-state index in [2.05, 4.69) is 0 Å². The molecule has 3 rings (SSSR count). The van der Waals surface area contributed by atoms with Gasteiger partial charge in [0, 0.05) is 6.54 Å². The Morgan fingerprint density at radius 3 is 2.75 bits per heavy atom. The van der Waals surface area contributed by atoms with Gasteiger partial charge in [-0.05, 0) is 54.3 Å². The lowest BCUT2D eigenvalue weighted by Gasteiger charge is -2.25. The Morgan fingerprint density at radius 2 is 2.04 bits per heavy atom. The number of phenols is 1. The molecule has 0 atom stereocenters. The van der Waals surface area contributed by atoms with Crippen LogP contribution in [-0.4, -0.2) is 34.8 Å². The summed E-state index contributed by atoms with van der Waals surface area (Å²) in [6.45, 7) is 0.529. The first-order valence-electron chi connectivity index (χ1n) is 8.21. The van der Waals surface area contributed by atoms with E-state index in [-0.39, 0.29) is 16.9 Å². The van der Waals surface area contributed by atoms with Crippen LogP contribution in [0.15, 0.2) is 23.1 Å². The van der Waals surface area contributed by atoms with Gasteiger partial charge in [-0.15, -0.1) is 0 Å². The van der Waals surface area contributed by atoms with Gasteiger partial charge in [0.2, 0.25) is 0 Å². The summed E-state index contributed by atoms with van der Waals surface area (Å²) in [7, 11) is 1.47. The van der Waals surface area contributed by atoms with Crippen LogP contribution >= 0.6 is 11.8 Å². The zero-order chi connectivity index (χ0) is 17.1. The van der Waals surface area contributed by atoms with E-state index in [9.17, 15) is 14.7 Å². The number of ether oxygens (including phenoxy) is 1. The number of hydrogen-bond acceptors (Lipinski definition) is 5. The molecule has 0 bridgehead atoms. The first kappa shape index (κ1) is 16.9. The molecule has 2 fully saturated rings. The van der Waals surface area contributed by atoms with Crippen LogP contribution in [0.5, 0.6) is 11.5 Å². The smallest absolute Gasteiger partial charge is 0.293 e. The van der Waals surface area contributed by atoms with Gasteiger partial charge in [0.1, 0.15) is 0 Å². The zero-order valence-corrected chi connectivity index (χ0v) is 14.5. The van der Waals surface area contributed by atoms with E-state index in [0.717, 1.165) is 24.6 Å². The number of carbonyl (C=O) groups is 2. The first-order valence-corrected chi connectivity index (χ1v) is 9.02. The molecule has 1 heterocycles. The predicted octanol–water partition coefficient (Wildman–Crippen LogP) is 4.02. The van der Waals surface area contributed by atoms with Gasteiger partial charge in [-0.2, -0.15) is 0 Å². The molecule has 2 aliphatic rings. The largest absolute Gasteiger partial charge is 0.504 e. The number of hydrogen-bond donors (Lipinski definition) is 1. The van der Waals surface area contributed by atoms with Gasteiger partial charge in [-0.1, -0.05) is 25.3 Å². The topological polar surface area (TPSA) is 66.8 Å². The molecule has 0 spiro atoms. The maximum atomic E-state index is 12.6. The third-order valence-corrected chi connectivity index (χ3v) is 5.45. The maximum Gasteiger partial charge on any atom is 0.293 e. The second kappa shape index (κ2) is 7.30. The molecule has 1 aliphatic heterocycles. The quantitative estimate of drug-likeness (QED) is 0.833. The van der Waals surface area contributed by atoms with E-state index in [0.29, 0.717) is 28.7 Å². The fraction of sp³-hybridized carbons (Fsp3) is 0.444. The molecule has 128 valence electrons. The van der Waals surface area contributed by atoms with E-state index in [1.807, 2.05) is 0 Å². The van der Waals surface area contributed by atoms with Crippen LogP contribution in [-0.2, 0) is 4.79 Å². The fourth-order valence-corrected chi connectivity index (χ4v) is 4.07. The molecule has 24 heavy (non-hydrogen) atoms. The number of thioether (sulfide) groups is 1. The fourth-order valence-electron chi connectivity index (χ4n) is 3.22. The Kier molecular flexibility index (Phi) is 5.14. The molecular formula is C18H21NO4S. The third kappa shape index (κ3) is 3.59. The normalized spacial score (nSPS) is 20.9. The summed E-state index contributed by atoms with van der Waals surface area (Å²) in [6.07, 6.45) is 7.48. The summed E-state index contributed by atoms with van der Waals surface area (Å²) in [6, 6.07) is 4.84. The van der Waals surface area contributed by atoms with E-state index in [4.69, 9.17) is 4.74 Å². The SMILES string of the molecule is COc1cc(/C=C2/SC(=O)N(CC3CCCCC3)C2=O)ccc1O. The number of benzene rings is 1. The molecular weight excluding hydrogens is 326 g/mol. The molecule has 5 nitrogen and oxygen atoms in total. The summed E-state index contributed by atoms with van der Waals surface area (Å²) < 4.78 is 5.07. The number of imide groups is 1. The number of phenolic OH excluding ortho intramolecular Hbond substituents is 1. The van der Waals surface area contributed by atoms with Gasteiger partial charge in [0.05, 0.1) is 12.0 Å². The zero-order valence-electron chi connectivity index (χ0n) is 13.7. The van der Waals surface area contributed by atoms with Gasteiger partial charge in [-0.25, -0.2) is 0 Å². The van der Waals surface area contributed by atoms with Gasteiger partial charge >= 0.3 is 0 Å². The summed E-state index contributed by atoms with van der Waals surface area (Å²) >= 11 is 0.978. The highest BCUT2D eigenvalue weighted by Gasteiger charge is 2.36. The summed E-state index contributed by atoms with van der Waals surface area (Å²) in [4.78, 5) is 26.5. The summed E-state index contributed by atoms with van der Waals surface area (Å²) in [5.74, 6) is 0.591. The monoisotopic (exact) mass is 347 g/mol. The maximum absolute atomic E-state index is 12.6. The van der Waals surface area contributed by atoms with Crippen molar-refractivity contribution in [1.29, 1.82) is 0 Å². The molecule has 1 aromatic carbocycles. The number of rotatable bonds is 4. The Bertz CT molecular complexity index is 680. The number of amides is 2. The molecule has 1 saturated heterocycles. The standard InChI is InChI=1S/C18H21NO4S/c1-23-15-9-13(7-8-14(15)20)10-16-17(21)19(18(22)24-16)11-12-5-3-2-4-6-12/h7-10,12,20H,2-6,11H2,1H3/b16-10+. The van der Waals surface area contributed by atoms with Crippen molar-refractivity contribution in [1.82, 2.24) is 4.90 Å².